The van der Waals surface area contributed by atoms with Crippen molar-refractivity contribution < 1.29 is 9.18 Å². The van der Waals surface area contributed by atoms with E-state index in [9.17, 15) is 9.18 Å². The molecule has 5 nitrogen and oxygen atoms in total. The van der Waals surface area contributed by atoms with Crippen molar-refractivity contribution >= 4 is 33.8 Å². The van der Waals surface area contributed by atoms with Crippen LogP contribution < -0.4 is 10.3 Å². The summed E-state index contributed by atoms with van der Waals surface area (Å²) in [5.74, 6) is 0.114. The number of nitrogens with zero attached hydrogens (tertiary/aromatic N) is 3. The number of nitrogens with one attached hydrogen (secondary N) is 1. The van der Waals surface area contributed by atoms with Crippen LogP contribution in [0.15, 0.2) is 71.8 Å². The Bertz CT molecular complexity index is 1040. The van der Waals surface area contributed by atoms with Crippen LogP contribution in [0.5, 0.6) is 0 Å². The monoisotopic (exact) mass is 390 g/mol. The van der Waals surface area contributed by atoms with Crippen molar-refractivity contribution in [2.24, 2.45) is 5.10 Å². The van der Waals surface area contributed by atoms with E-state index in [4.69, 9.17) is 0 Å². The summed E-state index contributed by atoms with van der Waals surface area (Å²) in [7, 11) is 0. The van der Waals surface area contributed by atoms with Gasteiger partial charge in [0, 0.05) is 38.8 Å². The molecule has 1 heterocycles. The Labute approximate surface area is 169 Å². The number of rotatable bonds is 4. The number of halogens is 1. The molecular weight excluding hydrogens is 367 g/mol. The first-order valence-corrected chi connectivity index (χ1v) is 9.69. The standard InChI is InChI=1S/C23H23FN4O/c1-17(29)23(26-25-21-9-6-18-4-2-3-5-19(18)16-21)28-14-12-27(13-15-28)22-10-7-20(24)8-11-22/h2-11,16,25H,12-15H2,1H3. The molecule has 0 radical (unpaired) electrons. The molecule has 1 fully saturated rings. The van der Waals surface area contributed by atoms with Gasteiger partial charge in [-0.1, -0.05) is 30.3 Å². The van der Waals surface area contributed by atoms with E-state index < -0.39 is 0 Å². The van der Waals surface area contributed by atoms with Gasteiger partial charge in [0.1, 0.15) is 5.82 Å². The smallest absolute Gasteiger partial charge is 0.196 e. The second kappa shape index (κ2) is 8.31. The summed E-state index contributed by atoms with van der Waals surface area (Å²) >= 11 is 0. The first-order valence-electron chi connectivity index (χ1n) is 9.69. The van der Waals surface area contributed by atoms with E-state index in [1.165, 1.54) is 19.1 Å². The van der Waals surface area contributed by atoms with Gasteiger partial charge in [-0.15, -0.1) is 0 Å². The van der Waals surface area contributed by atoms with Crippen molar-refractivity contribution in [3.05, 3.63) is 72.5 Å². The van der Waals surface area contributed by atoms with E-state index in [-0.39, 0.29) is 11.6 Å². The number of benzene rings is 3. The number of hydrogen-bond acceptors (Lipinski definition) is 4. The zero-order chi connectivity index (χ0) is 20.2. The van der Waals surface area contributed by atoms with E-state index in [2.05, 4.69) is 21.5 Å². The van der Waals surface area contributed by atoms with Crippen molar-refractivity contribution in [3.63, 3.8) is 0 Å². The molecule has 0 saturated carbocycles. The van der Waals surface area contributed by atoms with Gasteiger partial charge < -0.3 is 9.80 Å². The topological polar surface area (TPSA) is 47.9 Å². The number of carbonyl (C=O) groups is 1. The van der Waals surface area contributed by atoms with Crippen LogP contribution in [0.2, 0.25) is 0 Å². The van der Waals surface area contributed by atoms with Gasteiger partial charge in [0.15, 0.2) is 11.6 Å². The third-order valence-corrected chi connectivity index (χ3v) is 5.13. The van der Waals surface area contributed by atoms with Crippen molar-refractivity contribution in [2.45, 2.75) is 6.92 Å². The fraction of sp³-hybridized carbons (Fsp3) is 0.217. The lowest BCUT2D eigenvalue weighted by molar-refractivity contribution is -0.111. The van der Waals surface area contributed by atoms with E-state index in [0.29, 0.717) is 18.9 Å². The van der Waals surface area contributed by atoms with E-state index in [0.717, 1.165) is 35.2 Å². The second-order valence-electron chi connectivity index (χ2n) is 7.12. The van der Waals surface area contributed by atoms with Crippen molar-refractivity contribution in [2.75, 3.05) is 36.5 Å². The van der Waals surface area contributed by atoms with Crippen LogP contribution in [0.4, 0.5) is 15.8 Å². The third-order valence-electron chi connectivity index (χ3n) is 5.13. The minimum Gasteiger partial charge on any atom is -0.368 e. The Morgan fingerprint density at radius 3 is 2.31 bits per heavy atom. The molecule has 6 heteroatoms. The molecule has 0 unspecified atom stereocenters. The molecular formula is C23H23FN4O. The lowest BCUT2D eigenvalue weighted by Crippen LogP contribution is -2.50. The normalized spacial score (nSPS) is 14.9. The third kappa shape index (κ3) is 4.37. The summed E-state index contributed by atoms with van der Waals surface area (Å²) in [4.78, 5) is 16.4. The first-order chi connectivity index (χ1) is 14.1. The molecule has 3 aromatic rings. The lowest BCUT2D eigenvalue weighted by Gasteiger charge is -2.37. The molecule has 0 amide bonds. The second-order valence-corrected chi connectivity index (χ2v) is 7.12. The van der Waals surface area contributed by atoms with Crippen LogP contribution in [0.25, 0.3) is 10.8 Å². The Balaban J connectivity index is 1.44. The minimum atomic E-state index is -0.238. The number of piperazine rings is 1. The fourth-order valence-corrected chi connectivity index (χ4v) is 3.58. The number of ketones is 1. The van der Waals surface area contributed by atoms with Gasteiger partial charge in [0.2, 0.25) is 0 Å². The summed E-state index contributed by atoms with van der Waals surface area (Å²) in [6.45, 7) is 4.37. The highest BCUT2D eigenvalue weighted by Gasteiger charge is 2.22. The molecule has 1 saturated heterocycles. The van der Waals surface area contributed by atoms with Crippen LogP contribution in [0.3, 0.4) is 0 Å². The Hall–Kier alpha value is -3.41. The molecule has 1 N–H and O–H groups in total. The molecule has 148 valence electrons. The number of hydrazone groups is 1. The highest BCUT2D eigenvalue weighted by atomic mass is 19.1. The van der Waals surface area contributed by atoms with Gasteiger partial charge in [-0.2, -0.15) is 5.10 Å². The molecule has 0 spiro atoms. The molecule has 1 aliphatic heterocycles. The number of anilines is 2. The maximum Gasteiger partial charge on any atom is 0.196 e. The van der Waals surface area contributed by atoms with Gasteiger partial charge in [-0.05, 0) is 47.2 Å². The molecule has 0 bridgehead atoms. The number of fused-ring (bicyclic) bond motifs is 1. The van der Waals surface area contributed by atoms with Gasteiger partial charge in [-0.3, -0.25) is 10.2 Å². The van der Waals surface area contributed by atoms with Crippen LogP contribution in [0, 0.1) is 5.82 Å². The molecule has 4 rings (SSSR count). The number of amidine groups is 1. The van der Waals surface area contributed by atoms with Gasteiger partial charge in [0.05, 0.1) is 5.69 Å². The summed E-state index contributed by atoms with van der Waals surface area (Å²) in [6.07, 6.45) is 0. The summed E-state index contributed by atoms with van der Waals surface area (Å²) in [6, 6.07) is 20.6. The Kier molecular flexibility index (Phi) is 5.42. The fourth-order valence-electron chi connectivity index (χ4n) is 3.58. The zero-order valence-corrected chi connectivity index (χ0v) is 16.3. The predicted octanol–water partition coefficient (Wildman–Crippen LogP) is 4.12. The molecule has 29 heavy (non-hydrogen) atoms. The molecule has 1 aliphatic rings. The van der Waals surface area contributed by atoms with Gasteiger partial charge in [0.25, 0.3) is 0 Å². The van der Waals surface area contributed by atoms with Crippen LogP contribution >= 0.6 is 0 Å². The number of Topliss-reactive ketones (excluding diaryl/α,β-unsaturated/α-hetero) is 1. The maximum absolute atomic E-state index is 13.1. The van der Waals surface area contributed by atoms with E-state index in [1.54, 1.807) is 12.1 Å². The maximum atomic E-state index is 13.1. The highest BCUT2D eigenvalue weighted by Crippen LogP contribution is 2.20. The van der Waals surface area contributed by atoms with Gasteiger partial charge >= 0.3 is 0 Å². The minimum absolute atomic E-state index is 0.0754. The largest absolute Gasteiger partial charge is 0.368 e. The summed E-state index contributed by atoms with van der Waals surface area (Å²) in [5, 5.41) is 6.68. The number of hydrogen-bond donors (Lipinski definition) is 1. The van der Waals surface area contributed by atoms with Gasteiger partial charge in [-0.25, -0.2) is 4.39 Å². The Morgan fingerprint density at radius 1 is 0.931 bits per heavy atom. The summed E-state index contributed by atoms with van der Waals surface area (Å²) < 4.78 is 13.1. The van der Waals surface area contributed by atoms with E-state index >= 15 is 0 Å². The lowest BCUT2D eigenvalue weighted by atomic mass is 10.1. The first kappa shape index (κ1) is 18.9. The number of carbonyl (C=O) groups excluding carboxylic acids is 1. The zero-order valence-electron chi connectivity index (χ0n) is 16.3. The van der Waals surface area contributed by atoms with Crippen LogP contribution in [-0.4, -0.2) is 42.7 Å². The SMILES string of the molecule is CC(=O)C(=NNc1ccc2ccccc2c1)N1CCN(c2ccc(F)cc2)CC1. The van der Waals surface area contributed by atoms with Crippen molar-refractivity contribution in [3.8, 4) is 0 Å². The Morgan fingerprint density at radius 2 is 1.62 bits per heavy atom. The van der Waals surface area contributed by atoms with Crippen molar-refractivity contribution in [1.29, 1.82) is 0 Å². The average molecular weight is 390 g/mol. The summed E-state index contributed by atoms with van der Waals surface area (Å²) in [5.41, 5.74) is 4.86. The molecule has 0 atom stereocenters. The predicted molar refractivity (Wildman–Crippen MR) is 116 cm³/mol. The van der Waals surface area contributed by atoms with E-state index in [1.807, 2.05) is 41.3 Å². The van der Waals surface area contributed by atoms with Crippen LogP contribution in [0.1, 0.15) is 6.92 Å². The average Bonchev–Trinajstić information content (AvgIpc) is 2.74. The van der Waals surface area contributed by atoms with Crippen LogP contribution in [-0.2, 0) is 4.79 Å². The van der Waals surface area contributed by atoms with Crippen molar-refractivity contribution in [1.82, 2.24) is 4.90 Å². The highest BCUT2D eigenvalue weighted by molar-refractivity contribution is 6.38. The molecule has 0 aromatic heterocycles. The quantitative estimate of drug-likeness (QED) is 0.414. The molecule has 0 aliphatic carbocycles. The molecule has 3 aromatic carbocycles.